The minimum Gasteiger partial charge on any atom is -0.380 e. The third-order valence-electron chi connectivity index (χ3n) is 2.06. The summed E-state index contributed by atoms with van der Waals surface area (Å²) in [4.78, 5) is 0. The fraction of sp³-hybridized carbons (Fsp3) is 1.00. The van der Waals surface area contributed by atoms with Crippen molar-refractivity contribution in [1.29, 1.82) is 0 Å². The standard InChI is InChI=1S/C8H17NO/c1-9-6-8(10-2)5-7-3-4-7/h7-9H,3-6H2,1-2H3. The summed E-state index contributed by atoms with van der Waals surface area (Å²) >= 11 is 0. The molecule has 1 rings (SSSR count). The normalized spacial score (nSPS) is 21.0. The topological polar surface area (TPSA) is 21.3 Å². The molecule has 1 saturated carbocycles. The van der Waals surface area contributed by atoms with Gasteiger partial charge in [0.1, 0.15) is 0 Å². The van der Waals surface area contributed by atoms with Crippen LogP contribution >= 0.6 is 0 Å². The molecule has 0 amide bonds. The number of methoxy groups -OCH3 is 1. The van der Waals surface area contributed by atoms with E-state index in [2.05, 4.69) is 5.32 Å². The Morgan fingerprint density at radius 3 is 2.70 bits per heavy atom. The number of rotatable bonds is 5. The molecule has 2 nitrogen and oxygen atoms in total. The predicted octanol–water partition coefficient (Wildman–Crippen LogP) is 1.02. The van der Waals surface area contributed by atoms with Gasteiger partial charge < -0.3 is 10.1 Å². The van der Waals surface area contributed by atoms with Crippen LogP contribution in [-0.4, -0.2) is 26.8 Å². The van der Waals surface area contributed by atoms with Gasteiger partial charge in [-0.15, -0.1) is 0 Å². The molecule has 0 aromatic carbocycles. The quantitative estimate of drug-likeness (QED) is 0.620. The number of nitrogens with one attached hydrogen (secondary N) is 1. The van der Waals surface area contributed by atoms with Crippen LogP contribution in [0.1, 0.15) is 19.3 Å². The predicted molar refractivity (Wildman–Crippen MR) is 42.1 cm³/mol. The van der Waals surface area contributed by atoms with Crippen LogP contribution in [0.5, 0.6) is 0 Å². The molecule has 0 aromatic heterocycles. The lowest BCUT2D eigenvalue weighted by atomic mass is 10.2. The molecule has 2 heteroatoms. The third kappa shape index (κ3) is 2.67. The molecule has 0 saturated heterocycles. The van der Waals surface area contributed by atoms with Crippen molar-refractivity contribution < 1.29 is 4.74 Å². The van der Waals surface area contributed by atoms with Gasteiger partial charge >= 0.3 is 0 Å². The van der Waals surface area contributed by atoms with Crippen molar-refractivity contribution in [2.45, 2.75) is 25.4 Å². The number of hydrogen-bond acceptors (Lipinski definition) is 2. The van der Waals surface area contributed by atoms with Crippen LogP contribution in [0.2, 0.25) is 0 Å². The van der Waals surface area contributed by atoms with E-state index in [0.717, 1.165) is 12.5 Å². The largest absolute Gasteiger partial charge is 0.380 e. The van der Waals surface area contributed by atoms with Crippen LogP contribution in [-0.2, 0) is 4.74 Å². The van der Waals surface area contributed by atoms with Crippen molar-refractivity contribution in [3.63, 3.8) is 0 Å². The summed E-state index contributed by atoms with van der Waals surface area (Å²) in [6.45, 7) is 0.993. The highest BCUT2D eigenvalue weighted by atomic mass is 16.5. The SMILES string of the molecule is CNCC(CC1CC1)OC. The fourth-order valence-electron chi connectivity index (χ4n) is 1.22. The monoisotopic (exact) mass is 143 g/mol. The maximum atomic E-state index is 5.28. The second-order valence-electron chi connectivity index (χ2n) is 3.09. The average Bonchev–Trinajstić information content (AvgIpc) is 2.71. The van der Waals surface area contributed by atoms with E-state index in [0.29, 0.717) is 6.10 Å². The van der Waals surface area contributed by atoms with E-state index in [1.54, 1.807) is 7.11 Å². The van der Waals surface area contributed by atoms with E-state index in [1.807, 2.05) is 7.05 Å². The lowest BCUT2D eigenvalue weighted by Gasteiger charge is -2.13. The fourth-order valence-corrected chi connectivity index (χ4v) is 1.22. The van der Waals surface area contributed by atoms with E-state index < -0.39 is 0 Å². The Balaban J connectivity index is 2.05. The molecule has 1 fully saturated rings. The lowest BCUT2D eigenvalue weighted by Crippen LogP contribution is -2.25. The first-order valence-corrected chi connectivity index (χ1v) is 4.04. The molecule has 1 atom stereocenters. The Kier molecular flexibility index (Phi) is 3.16. The van der Waals surface area contributed by atoms with E-state index in [4.69, 9.17) is 4.74 Å². The van der Waals surface area contributed by atoms with Gasteiger partial charge in [-0.1, -0.05) is 12.8 Å². The Bertz CT molecular complexity index is 91.3. The minimum atomic E-state index is 0.442. The Hall–Kier alpha value is -0.0800. The zero-order valence-electron chi connectivity index (χ0n) is 6.89. The Morgan fingerprint density at radius 2 is 2.30 bits per heavy atom. The molecule has 0 aromatic rings. The number of likely N-dealkylation sites (N-methyl/N-ethyl adjacent to an activating group) is 1. The zero-order chi connectivity index (χ0) is 7.40. The zero-order valence-corrected chi connectivity index (χ0v) is 6.89. The van der Waals surface area contributed by atoms with Crippen molar-refractivity contribution in [2.24, 2.45) is 5.92 Å². The molecule has 1 aliphatic carbocycles. The molecule has 0 aliphatic heterocycles. The van der Waals surface area contributed by atoms with Crippen molar-refractivity contribution in [3.8, 4) is 0 Å². The van der Waals surface area contributed by atoms with Crippen LogP contribution in [0.25, 0.3) is 0 Å². The summed E-state index contributed by atoms with van der Waals surface area (Å²) in [5, 5.41) is 3.13. The van der Waals surface area contributed by atoms with Crippen LogP contribution in [0, 0.1) is 5.92 Å². The molecular weight excluding hydrogens is 126 g/mol. The van der Waals surface area contributed by atoms with Crippen molar-refractivity contribution in [3.05, 3.63) is 0 Å². The van der Waals surface area contributed by atoms with Crippen molar-refractivity contribution in [1.82, 2.24) is 5.32 Å². The molecular formula is C8H17NO. The second kappa shape index (κ2) is 3.94. The van der Waals surface area contributed by atoms with Crippen molar-refractivity contribution in [2.75, 3.05) is 20.7 Å². The van der Waals surface area contributed by atoms with Gasteiger partial charge in [0.2, 0.25) is 0 Å². The first-order valence-electron chi connectivity index (χ1n) is 4.04. The summed E-state index contributed by atoms with van der Waals surface area (Å²) in [6.07, 6.45) is 4.53. The van der Waals surface area contributed by atoms with E-state index >= 15 is 0 Å². The second-order valence-corrected chi connectivity index (χ2v) is 3.09. The van der Waals surface area contributed by atoms with Gasteiger partial charge in [-0.05, 0) is 19.4 Å². The highest BCUT2D eigenvalue weighted by Gasteiger charge is 2.24. The summed E-state index contributed by atoms with van der Waals surface area (Å²) in [5.41, 5.74) is 0. The van der Waals surface area contributed by atoms with Gasteiger partial charge in [0.15, 0.2) is 0 Å². The smallest absolute Gasteiger partial charge is 0.0698 e. The summed E-state index contributed by atoms with van der Waals surface area (Å²) in [5.74, 6) is 0.971. The van der Waals surface area contributed by atoms with Gasteiger partial charge in [-0.25, -0.2) is 0 Å². The molecule has 0 heterocycles. The van der Waals surface area contributed by atoms with E-state index in [-0.39, 0.29) is 0 Å². The van der Waals surface area contributed by atoms with Crippen LogP contribution < -0.4 is 5.32 Å². The molecule has 60 valence electrons. The van der Waals surface area contributed by atoms with Gasteiger partial charge in [-0.2, -0.15) is 0 Å². The molecule has 0 bridgehead atoms. The maximum Gasteiger partial charge on any atom is 0.0698 e. The maximum absolute atomic E-state index is 5.28. The van der Waals surface area contributed by atoms with E-state index in [1.165, 1.54) is 19.3 Å². The lowest BCUT2D eigenvalue weighted by molar-refractivity contribution is 0.0915. The van der Waals surface area contributed by atoms with Crippen LogP contribution in [0.4, 0.5) is 0 Å². The first kappa shape index (κ1) is 8.02. The summed E-state index contributed by atoms with van der Waals surface area (Å²) in [6, 6.07) is 0. The molecule has 0 radical (unpaired) electrons. The molecule has 1 N–H and O–H groups in total. The minimum absolute atomic E-state index is 0.442. The van der Waals surface area contributed by atoms with Gasteiger partial charge in [-0.3, -0.25) is 0 Å². The molecule has 0 spiro atoms. The van der Waals surface area contributed by atoms with Gasteiger partial charge in [0, 0.05) is 13.7 Å². The first-order chi connectivity index (χ1) is 4.86. The van der Waals surface area contributed by atoms with E-state index in [9.17, 15) is 0 Å². The average molecular weight is 143 g/mol. The summed E-state index contributed by atoms with van der Waals surface area (Å²) < 4.78 is 5.28. The van der Waals surface area contributed by atoms with Gasteiger partial charge in [0.25, 0.3) is 0 Å². The Morgan fingerprint density at radius 1 is 1.60 bits per heavy atom. The Labute approximate surface area is 63.0 Å². The van der Waals surface area contributed by atoms with Gasteiger partial charge in [0.05, 0.1) is 6.10 Å². The number of ether oxygens (including phenoxy) is 1. The van der Waals surface area contributed by atoms with Crippen molar-refractivity contribution >= 4 is 0 Å². The molecule has 1 aliphatic rings. The number of hydrogen-bond donors (Lipinski definition) is 1. The highest BCUT2D eigenvalue weighted by Crippen LogP contribution is 2.33. The molecule has 10 heavy (non-hydrogen) atoms. The van der Waals surface area contributed by atoms with Crippen LogP contribution in [0.3, 0.4) is 0 Å². The summed E-state index contributed by atoms with van der Waals surface area (Å²) in [7, 11) is 3.77. The molecule has 1 unspecified atom stereocenters. The highest BCUT2D eigenvalue weighted by molar-refractivity contribution is 4.77. The van der Waals surface area contributed by atoms with Crippen LogP contribution in [0.15, 0.2) is 0 Å². The third-order valence-corrected chi connectivity index (χ3v) is 2.06.